The van der Waals surface area contributed by atoms with Crippen molar-refractivity contribution in [3.63, 3.8) is 0 Å². The number of carbonyl (C=O) groups excluding carboxylic acids is 1. The molecule has 0 atom stereocenters. The van der Waals surface area contributed by atoms with Gasteiger partial charge in [-0.25, -0.2) is 4.79 Å². The molecular weight excluding hydrogens is 252 g/mol. The lowest BCUT2D eigenvalue weighted by Gasteiger charge is -2.24. The summed E-state index contributed by atoms with van der Waals surface area (Å²) in [7, 11) is 0. The van der Waals surface area contributed by atoms with E-state index in [0.29, 0.717) is 5.75 Å². The first-order valence-corrected chi connectivity index (χ1v) is 7.10. The smallest absolute Gasteiger partial charge is 0.344 e. The van der Waals surface area contributed by atoms with Crippen LogP contribution in [0.15, 0.2) is 24.8 Å². The molecule has 0 spiro atoms. The highest BCUT2D eigenvalue weighted by atomic mass is 16.6. The molecule has 0 bridgehead atoms. The topological polar surface area (TPSA) is 35.5 Å². The van der Waals surface area contributed by atoms with Crippen LogP contribution in [0.25, 0.3) is 6.08 Å². The van der Waals surface area contributed by atoms with E-state index in [9.17, 15) is 4.79 Å². The minimum atomic E-state index is -0.301. The van der Waals surface area contributed by atoms with Crippen molar-refractivity contribution < 1.29 is 14.3 Å². The first-order valence-electron chi connectivity index (χ1n) is 7.10. The van der Waals surface area contributed by atoms with Gasteiger partial charge in [-0.2, -0.15) is 0 Å². The van der Waals surface area contributed by atoms with Crippen LogP contribution in [0.3, 0.4) is 0 Å². The number of carbonyl (C=O) groups is 1. The van der Waals surface area contributed by atoms with Gasteiger partial charge in [-0.05, 0) is 51.7 Å². The molecule has 3 heteroatoms. The van der Waals surface area contributed by atoms with Crippen molar-refractivity contribution >= 4 is 12.0 Å². The van der Waals surface area contributed by atoms with Crippen molar-refractivity contribution in [1.82, 2.24) is 0 Å². The molecule has 2 rings (SSSR count). The van der Waals surface area contributed by atoms with Crippen molar-refractivity contribution in [2.75, 3.05) is 6.61 Å². The second kappa shape index (κ2) is 6.12. The number of hydrogen-bond acceptors (Lipinski definition) is 3. The molecule has 0 aromatic heterocycles. The van der Waals surface area contributed by atoms with Crippen molar-refractivity contribution in [1.29, 1.82) is 0 Å². The molecule has 1 aromatic carbocycles. The van der Waals surface area contributed by atoms with E-state index in [2.05, 4.69) is 6.58 Å². The number of rotatable bonds is 5. The molecule has 0 radical (unpaired) electrons. The molecule has 1 aliphatic carbocycles. The Morgan fingerprint density at radius 3 is 2.75 bits per heavy atom. The molecule has 0 heterocycles. The molecule has 0 aliphatic heterocycles. The fourth-order valence-corrected chi connectivity index (χ4v) is 2.62. The monoisotopic (exact) mass is 274 g/mol. The fourth-order valence-electron chi connectivity index (χ4n) is 2.62. The lowest BCUT2D eigenvalue weighted by molar-refractivity contribution is -0.159. The second-order valence-corrected chi connectivity index (χ2v) is 5.67. The highest BCUT2D eigenvalue weighted by Crippen LogP contribution is 2.32. The van der Waals surface area contributed by atoms with Crippen LogP contribution < -0.4 is 4.74 Å². The van der Waals surface area contributed by atoms with Crippen LogP contribution in [-0.4, -0.2) is 18.2 Å². The maximum Gasteiger partial charge on any atom is 0.344 e. The molecule has 0 amide bonds. The molecule has 3 nitrogen and oxygen atoms in total. The minimum absolute atomic E-state index is 0.0561. The number of hydrogen-bond donors (Lipinski definition) is 0. The SMILES string of the molecule is C=Cc1cc(C)ccc1OCC(=O)OC1(C)CCCC1. The van der Waals surface area contributed by atoms with Crippen molar-refractivity contribution in [2.24, 2.45) is 0 Å². The number of benzene rings is 1. The fraction of sp³-hybridized carbons (Fsp3) is 0.471. The Hall–Kier alpha value is -1.77. The molecular formula is C17H22O3. The molecule has 20 heavy (non-hydrogen) atoms. The van der Waals surface area contributed by atoms with Crippen molar-refractivity contribution in [3.8, 4) is 5.75 Å². The zero-order chi connectivity index (χ0) is 14.6. The van der Waals surface area contributed by atoms with Gasteiger partial charge in [-0.3, -0.25) is 0 Å². The summed E-state index contributed by atoms with van der Waals surface area (Å²) >= 11 is 0. The van der Waals surface area contributed by atoms with Crippen LogP contribution in [0.5, 0.6) is 5.75 Å². The summed E-state index contributed by atoms with van der Waals surface area (Å²) in [4.78, 5) is 11.9. The summed E-state index contributed by atoms with van der Waals surface area (Å²) in [6.07, 6.45) is 5.88. The number of aryl methyl sites for hydroxylation is 1. The predicted molar refractivity (Wildman–Crippen MR) is 79.7 cm³/mol. The van der Waals surface area contributed by atoms with Crippen LogP contribution in [0.2, 0.25) is 0 Å². The van der Waals surface area contributed by atoms with E-state index in [4.69, 9.17) is 9.47 Å². The third kappa shape index (κ3) is 3.62. The van der Waals surface area contributed by atoms with Gasteiger partial charge in [-0.1, -0.05) is 24.3 Å². The van der Waals surface area contributed by atoms with E-state index < -0.39 is 0 Å². The maximum atomic E-state index is 11.9. The van der Waals surface area contributed by atoms with Gasteiger partial charge in [0.15, 0.2) is 6.61 Å². The van der Waals surface area contributed by atoms with Crippen LogP contribution in [0.4, 0.5) is 0 Å². The number of esters is 1. The Kier molecular flexibility index (Phi) is 4.48. The van der Waals surface area contributed by atoms with Crippen LogP contribution in [0, 0.1) is 6.92 Å². The van der Waals surface area contributed by atoms with E-state index >= 15 is 0 Å². The van der Waals surface area contributed by atoms with E-state index in [-0.39, 0.29) is 18.2 Å². The minimum Gasteiger partial charge on any atom is -0.481 e. The quantitative estimate of drug-likeness (QED) is 0.764. The lowest BCUT2D eigenvalue weighted by atomic mass is 10.1. The molecule has 0 saturated heterocycles. The molecule has 108 valence electrons. The van der Waals surface area contributed by atoms with E-state index in [1.807, 2.05) is 32.0 Å². The van der Waals surface area contributed by atoms with Gasteiger partial charge in [-0.15, -0.1) is 0 Å². The Morgan fingerprint density at radius 2 is 2.10 bits per heavy atom. The molecule has 0 N–H and O–H groups in total. The average Bonchev–Trinajstić information content (AvgIpc) is 2.83. The van der Waals surface area contributed by atoms with Gasteiger partial charge in [0.05, 0.1) is 0 Å². The van der Waals surface area contributed by atoms with E-state index in [1.165, 1.54) is 0 Å². The average molecular weight is 274 g/mol. The van der Waals surface area contributed by atoms with Gasteiger partial charge in [0.25, 0.3) is 0 Å². The van der Waals surface area contributed by atoms with E-state index in [0.717, 1.165) is 36.8 Å². The van der Waals surface area contributed by atoms with Gasteiger partial charge >= 0.3 is 5.97 Å². The maximum absolute atomic E-state index is 11.9. The first kappa shape index (κ1) is 14.6. The van der Waals surface area contributed by atoms with Gasteiger partial charge in [0, 0.05) is 5.56 Å². The normalized spacial score (nSPS) is 16.7. The summed E-state index contributed by atoms with van der Waals surface area (Å²) in [6.45, 7) is 7.71. The van der Waals surface area contributed by atoms with Crippen LogP contribution >= 0.6 is 0 Å². The summed E-state index contributed by atoms with van der Waals surface area (Å²) < 4.78 is 11.1. The lowest BCUT2D eigenvalue weighted by Crippen LogP contribution is -2.30. The zero-order valence-electron chi connectivity index (χ0n) is 12.3. The molecule has 1 fully saturated rings. The Balaban J connectivity index is 1.91. The summed E-state index contributed by atoms with van der Waals surface area (Å²) in [5.74, 6) is 0.365. The third-order valence-corrected chi connectivity index (χ3v) is 3.75. The third-order valence-electron chi connectivity index (χ3n) is 3.75. The Morgan fingerprint density at radius 1 is 1.40 bits per heavy atom. The number of ether oxygens (including phenoxy) is 2. The highest BCUT2D eigenvalue weighted by molar-refractivity contribution is 5.72. The van der Waals surface area contributed by atoms with Gasteiger partial charge < -0.3 is 9.47 Å². The van der Waals surface area contributed by atoms with Crippen molar-refractivity contribution in [2.45, 2.75) is 45.1 Å². The van der Waals surface area contributed by atoms with Crippen LogP contribution in [0.1, 0.15) is 43.7 Å². The largest absolute Gasteiger partial charge is 0.481 e. The van der Waals surface area contributed by atoms with Gasteiger partial charge in [0.2, 0.25) is 0 Å². The molecule has 1 aromatic rings. The van der Waals surface area contributed by atoms with Crippen molar-refractivity contribution in [3.05, 3.63) is 35.9 Å². The van der Waals surface area contributed by atoms with Crippen LogP contribution in [-0.2, 0) is 9.53 Å². The Bertz CT molecular complexity index is 499. The molecule has 1 saturated carbocycles. The summed E-state index contributed by atoms with van der Waals surface area (Å²) in [6, 6.07) is 5.79. The van der Waals surface area contributed by atoms with E-state index in [1.54, 1.807) is 6.08 Å². The van der Waals surface area contributed by atoms with Gasteiger partial charge in [0.1, 0.15) is 11.4 Å². The Labute approximate surface area is 120 Å². The molecule has 1 aliphatic rings. The highest BCUT2D eigenvalue weighted by Gasteiger charge is 2.32. The first-order chi connectivity index (χ1) is 9.52. The summed E-state index contributed by atoms with van der Waals surface area (Å²) in [5.41, 5.74) is 1.73. The standard InChI is InChI=1S/C17H22O3/c1-4-14-11-13(2)7-8-15(14)19-12-16(18)20-17(3)9-5-6-10-17/h4,7-8,11H,1,5-6,9-10,12H2,2-3H3. The predicted octanol–water partition coefficient (Wildman–Crippen LogP) is 3.89. The second-order valence-electron chi connectivity index (χ2n) is 5.67. The summed E-state index contributed by atoms with van der Waals surface area (Å²) in [5, 5.41) is 0. The molecule has 0 unspecified atom stereocenters. The zero-order valence-corrected chi connectivity index (χ0v) is 12.3.